The smallest absolute Gasteiger partial charge is 0.220 e. The fraction of sp³-hybridized carbons (Fsp3) is 0.562. The van der Waals surface area contributed by atoms with Crippen LogP contribution in [-0.2, 0) is 4.79 Å². The lowest BCUT2D eigenvalue weighted by atomic mass is 9.87. The summed E-state index contributed by atoms with van der Waals surface area (Å²) in [5.74, 6) is 0.736. The number of carbonyl (C=O) groups excluding carboxylic acids is 1. The van der Waals surface area contributed by atoms with Gasteiger partial charge in [0.1, 0.15) is 0 Å². The van der Waals surface area contributed by atoms with Crippen LogP contribution < -0.4 is 11.1 Å². The Labute approximate surface area is 115 Å². The van der Waals surface area contributed by atoms with Crippen LogP contribution in [0, 0.1) is 5.92 Å². The van der Waals surface area contributed by atoms with Crippen molar-refractivity contribution in [2.45, 2.75) is 44.6 Å². The van der Waals surface area contributed by atoms with Gasteiger partial charge in [-0.2, -0.15) is 0 Å². The summed E-state index contributed by atoms with van der Waals surface area (Å²) in [7, 11) is 0. The first-order chi connectivity index (χ1) is 9.25. The first kappa shape index (κ1) is 14.1. The molecule has 1 aliphatic rings. The minimum absolute atomic E-state index is 0.114. The van der Waals surface area contributed by atoms with Crippen molar-refractivity contribution in [3.05, 3.63) is 35.9 Å². The summed E-state index contributed by atoms with van der Waals surface area (Å²) >= 11 is 0. The average Bonchev–Trinajstić information content (AvgIpc) is 2.47. The standard InChI is InChI=1S/C16H24N2O/c17-15(14-9-5-2-6-10-14)12-18-16(19)11-13-7-3-1-4-8-13/h2,5-6,9-10,13,15H,1,3-4,7-8,11-12,17H2,(H,18,19). The van der Waals surface area contributed by atoms with Gasteiger partial charge in [-0.25, -0.2) is 0 Å². The van der Waals surface area contributed by atoms with Gasteiger partial charge in [0.25, 0.3) is 0 Å². The summed E-state index contributed by atoms with van der Waals surface area (Å²) in [6, 6.07) is 9.79. The lowest BCUT2D eigenvalue weighted by Gasteiger charge is -2.21. The van der Waals surface area contributed by atoms with E-state index in [0.29, 0.717) is 18.9 Å². The molecule has 1 atom stereocenters. The molecule has 0 bridgehead atoms. The normalized spacial score (nSPS) is 17.9. The SMILES string of the molecule is NC(CNC(=O)CC1CCCCC1)c1ccccc1. The molecule has 0 saturated heterocycles. The van der Waals surface area contributed by atoms with E-state index < -0.39 is 0 Å². The molecule has 0 spiro atoms. The highest BCUT2D eigenvalue weighted by atomic mass is 16.1. The number of hydrogen-bond acceptors (Lipinski definition) is 2. The van der Waals surface area contributed by atoms with Crippen molar-refractivity contribution in [3.63, 3.8) is 0 Å². The van der Waals surface area contributed by atoms with Gasteiger partial charge in [-0.1, -0.05) is 49.6 Å². The number of carbonyl (C=O) groups is 1. The second-order valence-corrected chi connectivity index (χ2v) is 5.53. The van der Waals surface area contributed by atoms with E-state index in [4.69, 9.17) is 5.73 Å². The molecule has 104 valence electrons. The summed E-state index contributed by atoms with van der Waals surface area (Å²) in [6.45, 7) is 0.523. The molecule has 2 rings (SSSR count). The second-order valence-electron chi connectivity index (χ2n) is 5.53. The first-order valence-corrected chi connectivity index (χ1v) is 7.33. The van der Waals surface area contributed by atoms with Gasteiger partial charge >= 0.3 is 0 Å². The van der Waals surface area contributed by atoms with Crippen molar-refractivity contribution in [1.29, 1.82) is 0 Å². The van der Waals surface area contributed by atoms with E-state index in [1.54, 1.807) is 0 Å². The van der Waals surface area contributed by atoms with Crippen LogP contribution >= 0.6 is 0 Å². The van der Waals surface area contributed by atoms with Crippen molar-refractivity contribution >= 4 is 5.91 Å². The molecule has 3 heteroatoms. The van der Waals surface area contributed by atoms with Crippen molar-refractivity contribution in [1.82, 2.24) is 5.32 Å². The van der Waals surface area contributed by atoms with Gasteiger partial charge in [0.2, 0.25) is 5.91 Å². The van der Waals surface area contributed by atoms with Crippen molar-refractivity contribution < 1.29 is 4.79 Å². The molecule has 1 aromatic carbocycles. The molecule has 1 saturated carbocycles. The Kier molecular flexibility index (Phi) is 5.40. The highest BCUT2D eigenvalue weighted by Gasteiger charge is 2.17. The molecule has 1 amide bonds. The molecule has 0 aliphatic heterocycles. The van der Waals surface area contributed by atoms with Gasteiger partial charge in [-0.15, -0.1) is 0 Å². The lowest BCUT2D eigenvalue weighted by Crippen LogP contribution is -2.33. The summed E-state index contributed by atoms with van der Waals surface area (Å²) < 4.78 is 0. The van der Waals surface area contributed by atoms with Gasteiger partial charge in [0.15, 0.2) is 0 Å². The quantitative estimate of drug-likeness (QED) is 0.855. The Bertz CT molecular complexity index is 385. The molecule has 0 aromatic heterocycles. The monoisotopic (exact) mass is 260 g/mol. The Morgan fingerprint density at radius 1 is 1.21 bits per heavy atom. The number of rotatable bonds is 5. The summed E-state index contributed by atoms with van der Waals surface area (Å²) in [5, 5.41) is 2.96. The zero-order valence-corrected chi connectivity index (χ0v) is 11.5. The summed E-state index contributed by atoms with van der Waals surface area (Å²) in [4.78, 5) is 11.9. The summed E-state index contributed by atoms with van der Waals surface area (Å²) in [6.07, 6.45) is 6.97. The summed E-state index contributed by atoms with van der Waals surface area (Å²) in [5.41, 5.74) is 7.13. The molecular weight excluding hydrogens is 236 g/mol. The van der Waals surface area contributed by atoms with Crippen molar-refractivity contribution in [3.8, 4) is 0 Å². The molecule has 0 heterocycles. The van der Waals surface area contributed by atoms with Crippen LogP contribution in [0.15, 0.2) is 30.3 Å². The van der Waals surface area contributed by atoms with E-state index in [1.165, 1.54) is 32.1 Å². The molecule has 3 N–H and O–H groups in total. The topological polar surface area (TPSA) is 55.1 Å². The predicted octanol–water partition coefficient (Wildman–Crippen LogP) is 2.77. The molecule has 19 heavy (non-hydrogen) atoms. The Morgan fingerprint density at radius 2 is 1.89 bits per heavy atom. The Balaban J connectivity index is 1.71. The second kappa shape index (κ2) is 7.29. The minimum atomic E-state index is -0.114. The van der Waals surface area contributed by atoms with Crippen LogP contribution in [0.5, 0.6) is 0 Å². The van der Waals surface area contributed by atoms with E-state index in [2.05, 4.69) is 5.32 Å². The zero-order valence-electron chi connectivity index (χ0n) is 11.5. The van der Waals surface area contributed by atoms with E-state index >= 15 is 0 Å². The predicted molar refractivity (Wildman–Crippen MR) is 77.6 cm³/mol. The Hall–Kier alpha value is -1.35. The van der Waals surface area contributed by atoms with Gasteiger partial charge in [0, 0.05) is 19.0 Å². The highest BCUT2D eigenvalue weighted by Crippen LogP contribution is 2.26. The zero-order chi connectivity index (χ0) is 13.5. The van der Waals surface area contributed by atoms with Crippen LogP contribution in [0.1, 0.15) is 50.1 Å². The number of amides is 1. The lowest BCUT2D eigenvalue weighted by molar-refractivity contribution is -0.122. The van der Waals surface area contributed by atoms with Crippen molar-refractivity contribution in [2.24, 2.45) is 11.7 Å². The average molecular weight is 260 g/mol. The third-order valence-corrected chi connectivity index (χ3v) is 3.95. The van der Waals surface area contributed by atoms with Gasteiger partial charge < -0.3 is 11.1 Å². The maximum absolute atomic E-state index is 11.9. The van der Waals surface area contributed by atoms with E-state index in [-0.39, 0.29) is 11.9 Å². The molecule has 3 nitrogen and oxygen atoms in total. The number of hydrogen-bond donors (Lipinski definition) is 2. The molecule has 0 radical (unpaired) electrons. The van der Waals surface area contributed by atoms with Gasteiger partial charge in [0.05, 0.1) is 0 Å². The maximum Gasteiger partial charge on any atom is 0.220 e. The van der Waals surface area contributed by atoms with Crippen LogP contribution in [0.25, 0.3) is 0 Å². The van der Waals surface area contributed by atoms with Crippen LogP contribution in [0.2, 0.25) is 0 Å². The number of nitrogens with two attached hydrogens (primary N) is 1. The molecule has 1 aromatic rings. The largest absolute Gasteiger partial charge is 0.354 e. The van der Waals surface area contributed by atoms with Gasteiger partial charge in [-0.3, -0.25) is 4.79 Å². The fourth-order valence-electron chi connectivity index (χ4n) is 2.77. The fourth-order valence-corrected chi connectivity index (χ4v) is 2.77. The number of nitrogens with one attached hydrogen (secondary N) is 1. The maximum atomic E-state index is 11.9. The van der Waals surface area contributed by atoms with Gasteiger partial charge in [-0.05, 0) is 24.3 Å². The molecule has 1 unspecified atom stereocenters. The third kappa shape index (κ3) is 4.67. The van der Waals surface area contributed by atoms with E-state index in [0.717, 1.165) is 5.56 Å². The molecular formula is C16H24N2O. The van der Waals surface area contributed by atoms with Crippen LogP contribution in [-0.4, -0.2) is 12.5 Å². The third-order valence-electron chi connectivity index (χ3n) is 3.95. The first-order valence-electron chi connectivity index (χ1n) is 7.33. The van der Waals surface area contributed by atoms with Crippen LogP contribution in [0.4, 0.5) is 0 Å². The van der Waals surface area contributed by atoms with E-state index in [9.17, 15) is 4.79 Å². The molecule has 1 aliphatic carbocycles. The van der Waals surface area contributed by atoms with Crippen LogP contribution in [0.3, 0.4) is 0 Å². The molecule has 1 fully saturated rings. The van der Waals surface area contributed by atoms with Crippen molar-refractivity contribution in [2.75, 3.05) is 6.54 Å². The minimum Gasteiger partial charge on any atom is -0.354 e. The Morgan fingerprint density at radius 3 is 2.58 bits per heavy atom. The highest BCUT2D eigenvalue weighted by molar-refractivity contribution is 5.76. The number of benzene rings is 1. The van der Waals surface area contributed by atoms with E-state index in [1.807, 2.05) is 30.3 Å².